The maximum Gasteiger partial charge on any atom is 0.408 e. The van der Waals surface area contributed by atoms with Crippen LogP contribution in [0, 0.1) is 11.6 Å². The molecule has 172 valence electrons. The summed E-state index contributed by atoms with van der Waals surface area (Å²) in [5.41, 5.74) is -0.617. The number of carbonyl (C=O) groups excluding carboxylic acids is 2. The smallest absolute Gasteiger partial charge is 0.408 e. The minimum absolute atomic E-state index is 0.0270. The molecule has 0 aliphatic carbocycles. The Balaban J connectivity index is 1.88. The molecule has 6 nitrogen and oxygen atoms in total. The van der Waals surface area contributed by atoms with Gasteiger partial charge in [0.25, 0.3) is 0 Å². The van der Waals surface area contributed by atoms with Crippen molar-refractivity contribution < 1.29 is 27.7 Å². The number of alkyl carbamates (subject to hydrolysis) is 1. The summed E-state index contributed by atoms with van der Waals surface area (Å²) < 4.78 is 47.9. The molecule has 1 aliphatic heterocycles. The van der Waals surface area contributed by atoms with Crippen LogP contribution in [0.4, 0.5) is 19.3 Å². The molecule has 0 aromatic heterocycles. The van der Waals surface area contributed by atoms with E-state index in [9.17, 15) is 14.2 Å². The molecule has 1 saturated heterocycles. The van der Waals surface area contributed by atoms with E-state index in [4.69, 9.17) is 4.74 Å². The Morgan fingerprint density at radius 2 is 1.75 bits per heavy atom. The van der Waals surface area contributed by atoms with Gasteiger partial charge < -0.3 is 19.5 Å². The Hall–Kier alpha value is -2.73. The van der Waals surface area contributed by atoms with E-state index < -0.39 is 42.4 Å². The summed E-state index contributed by atoms with van der Waals surface area (Å²) in [6, 6.07) is 8.41. The molecule has 3 rings (SSSR count). The topological polar surface area (TPSA) is 75.7 Å². The molecule has 1 atom stereocenters. The fraction of sp³-hybridized carbons (Fsp3) is 0.391. The molecular formula is C23H27F2N2O4P. The zero-order valence-electron chi connectivity index (χ0n) is 18.7. The molecule has 0 spiro atoms. The molecule has 2 amide bonds. The van der Waals surface area contributed by atoms with Crippen LogP contribution >= 0.6 is 7.14 Å². The van der Waals surface area contributed by atoms with Crippen molar-refractivity contribution in [3.05, 3.63) is 48.0 Å². The second kappa shape index (κ2) is 8.66. The number of ether oxygens (including phenoxy) is 1. The quantitative estimate of drug-likeness (QED) is 0.676. The molecule has 9 heteroatoms. The van der Waals surface area contributed by atoms with Crippen LogP contribution in [0.15, 0.2) is 36.4 Å². The van der Waals surface area contributed by atoms with Gasteiger partial charge in [-0.2, -0.15) is 0 Å². The maximum atomic E-state index is 15.1. The van der Waals surface area contributed by atoms with Gasteiger partial charge in [-0.05, 0) is 58.2 Å². The molecule has 0 saturated carbocycles. The lowest BCUT2D eigenvalue weighted by atomic mass is 10.0. The van der Waals surface area contributed by atoms with Gasteiger partial charge >= 0.3 is 6.09 Å². The van der Waals surface area contributed by atoms with Gasteiger partial charge in [0.15, 0.2) is 11.6 Å². The van der Waals surface area contributed by atoms with Crippen molar-refractivity contribution in [2.24, 2.45) is 0 Å². The molecular weight excluding hydrogens is 437 g/mol. The summed E-state index contributed by atoms with van der Waals surface area (Å²) in [6.07, 6.45) is -0.515. The van der Waals surface area contributed by atoms with Gasteiger partial charge in [-0.25, -0.2) is 13.6 Å². The molecule has 0 radical (unpaired) electrons. The average molecular weight is 464 g/mol. The standard InChI is InChI=1S/C23H27F2N2O4P/c1-23(2,3)31-22(29)26-16-12-13-27(21(16)28)17-11-10-15(19(24)20(17)25)14-8-6-7-9-18(14)32(4,5)30/h6-11,16H,12-13H2,1-5H3,(H,26,29)/t16-/m1/s1. The fourth-order valence-corrected chi connectivity index (χ4v) is 4.85. The van der Waals surface area contributed by atoms with E-state index in [0.29, 0.717) is 10.9 Å². The zero-order valence-corrected chi connectivity index (χ0v) is 19.6. The van der Waals surface area contributed by atoms with Gasteiger partial charge in [0.2, 0.25) is 5.91 Å². The van der Waals surface area contributed by atoms with Crippen molar-refractivity contribution in [2.75, 3.05) is 24.8 Å². The number of benzene rings is 2. The van der Waals surface area contributed by atoms with Gasteiger partial charge in [0.05, 0.1) is 5.69 Å². The Kier molecular flexibility index (Phi) is 6.47. The third-order valence-electron chi connectivity index (χ3n) is 5.02. The van der Waals surface area contributed by atoms with Crippen molar-refractivity contribution in [3.8, 4) is 11.1 Å². The highest BCUT2D eigenvalue weighted by Gasteiger charge is 2.36. The minimum atomic E-state index is -2.74. The van der Waals surface area contributed by atoms with Crippen LogP contribution in [0.2, 0.25) is 0 Å². The van der Waals surface area contributed by atoms with Crippen LogP contribution in [-0.4, -0.2) is 43.5 Å². The largest absolute Gasteiger partial charge is 0.444 e. The number of hydrogen-bond acceptors (Lipinski definition) is 4. The second-order valence-electron chi connectivity index (χ2n) is 9.11. The predicted molar refractivity (Wildman–Crippen MR) is 121 cm³/mol. The molecule has 32 heavy (non-hydrogen) atoms. The van der Waals surface area contributed by atoms with Crippen molar-refractivity contribution >= 4 is 30.1 Å². The minimum Gasteiger partial charge on any atom is -0.444 e. The summed E-state index contributed by atoms with van der Waals surface area (Å²) in [4.78, 5) is 25.8. The number of halogens is 2. The summed E-state index contributed by atoms with van der Waals surface area (Å²) in [7, 11) is -2.74. The first kappa shape index (κ1) is 23.9. The molecule has 0 bridgehead atoms. The van der Waals surface area contributed by atoms with Crippen LogP contribution in [0.1, 0.15) is 27.2 Å². The Morgan fingerprint density at radius 3 is 2.38 bits per heavy atom. The van der Waals surface area contributed by atoms with E-state index in [1.807, 2.05) is 0 Å². The van der Waals surface area contributed by atoms with Crippen molar-refractivity contribution in [2.45, 2.75) is 38.8 Å². The number of carbonyl (C=O) groups is 2. The SMILES string of the molecule is CC(C)(C)OC(=O)N[C@@H]1CCN(c2ccc(-c3ccccc3P(C)(C)=O)c(F)c2F)C1=O. The Morgan fingerprint density at radius 1 is 1.09 bits per heavy atom. The van der Waals surface area contributed by atoms with Crippen molar-refractivity contribution in [3.63, 3.8) is 0 Å². The maximum absolute atomic E-state index is 15.1. The summed E-state index contributed by atoms with van der Waals surface area (Å²) in [5, 5.41) is 2.93. The monoisotopic (exact) mass is 464 g/mol. The third kappa shape index (κ3) is 5.01. The highest BCUT2D eigenvalue weighted by Crippen LogP contribution is 2.40. The first-order chi connectivity index (χ1) is 14.8. The van der Waals surface area contributed by atoms with E-state index in [0.717, 1.165) is 4.90 Å². The van der Waals surface area contributed by atoms with Crippen LogP contribution in [0.25, 0.3) is 11.1 Å². The van der Waals surface area contributed by atoms with E-state index >= 15 is 8.78 Å². The highest BCUT2D eigenvalue weighted by molar-refractivity contribution is 7.70. The second-order valence-corrected chi connectivity index (χ2v) is 12.3. The van der Waals surface area contributed by atoms with Gasteiger partial charge in [-0.3, -0.25) is 4.79 Å². The van der Waals surface area contributed by atoms with E-state index in [-0.39, 0.29) is 24.2 Å². The molecule has 1 heterocycles. The van der Waals surface area contributed by atoms with E-state index in [2.05, 4.69) is 5.32 Å². The molecule has 2 aromatic carbocycles. The average Bonchev–Trinajstić information content (AvgIpc) is 3.02. The predicted octanol–water partition coefficient (Wildman–Crippen LogP) is 4.51. The zero-order chi connectivity index (χ0) is 23.8. The number of hydrogen-bond donors (Lipinski definition) is 1. The first-order valence-electron chi connectivity index (χ1n) is 10.2. The molecule has 1 fully saturated rings. The lowest BCUT2D eigenvalue weighted by Crippen LogP contribution is -2.44. The normalized spacial score (nSPS) is 16.9. The van der Waals surface area contributed by atoms with E-state index in [1.165, 1.54) is 12.1 Å². The summed E-state index contributed by atoms with van der Waals surface area (Å²) in [6.45, 7) is 8.34. The third-order valence-corrected chi connectivity index (χ3v) is 6.57. The summed E-state index contributed by atoms with van der Waals surface area (Å²) in [5.74, 6) is -2.85. The summed E-state index contributed by atoms with van der Waals surface area (Å²) >= 11 is 0. The van der Waals surface area contributed by atoms with Gasteiger partial charge in [-0.1, -0.05) is 24.3 Å². The lowest BCUT2D eigenvalue weighted by molar-refractivity contribution is -0.118. The van der Waals surface area contributed by atoms with Crippen LogP contribution < -0.4 is 15.5 Å². The van der Waals surface area contributed by atoms with Gasteiger partial charge in [0, 0.05) is 17.4 Å². The Labute approximate surface area is 186 Å². The van der Waals surface area contributed by atoms with Crippen molar-refractivity contribution in [1.82, 2.24) is 5.32 Å². The molecule has 1 N–H and O–H groups in total. The molecule has 0 unspecified atom stereocenters. The highest BCUT2D eigenvalue weighted by atomic mass is 31.2. The van der Waals surface area contributed by atoms with Gasteiger partial charge in [-0.15, -0.1) is 0 Å². The van der Waals surface area contributed by atoms with Crippen molar-refractivity contribution in [1.29, 1.82) is 0 Å². The number of nitrogens with zero attached hydrogens (tertiary/aromatic N) is 1. The first-order valence-corrected chi connectivity index (χ1v) is 12.8. The van der Waals surface area contributed by atoms with Gasteiger partial charge in [0.1, 0.15) is 18.8 Å². The lowest BCUT2D eigenvalue weighted by Gasteiger charge is -2.22. The van der Waals surface area contributed by atoms with Crippen LogP contribution in [-0.2, 0) is 14.1 Å². The van der Waals surface area contributed by atoms with Crippen LogP contribution in [0.3, 0.4) is 0 Å². The number of anilines is 1. The molecule has 2 aromatic rings. The van der Waals surface area contributed by atoms with Crippen LogP contribution in [0.5, 0.6) is 0 Å². The Bertz CT molecular complexity index is 1110. The number of amides is 2. The number of rotatable bonds is 4. The fourth-order valence-electron chi connectivity index (χ4n) is 3.63. The molecule has 1 aliphatic rings. The van der Waals surface area contributed by atoms with E-state index in [1.54, 1.807) is 58.4 Å². The number of nitrogens with one attached hydrogen (secondary N) is 1.